The number of rotatable bonds is 2. The SMILES string of the molecule is CCC.CCOC(C)C. The van der Waals surface area contributed by atoms with Crippen LogP contribution in [0.15, 0.2) is 0 Å². The Balaban J connectivity index is 0. The van der Waals surface area contributed by atoms with E-state index in [1.165, 1.54) is 6.42 Å². The molecule has 0 radical (unpaired) electrons. The molecule has 58 valence electrons. The van der Waals surface area contributed by atoms with Crippen molar-refractivity contribution in [3.8, 4) is 0 Å². The fraction of sp³-hybridized carbons (Fsp3) is 1.00. The van der Waals surface area contributed by atoms with Crippen LogP contribution in [0.25, 0.3) is 0 Å². The fourth-order valence-corrected chi connectivity index (χ4v) is 0.333. The second kappa shape index (κ2) is 10.9. The van der Waals surface area contributed by atoms with Crippen LogP contribution >= 0.6 is 0 Å². The van der Waals surface area contributed by atoms with Crippen molar-refractivity contribution in [1.82, 2.24) is 0 Å². The van der Waals surface area contributed by atoms with Gasteiger partial charge in [0.2, 0.25) is 0 Å². The molecule has 0 aliphatic rings. The molecule has 0 aliphatic heterocycles. The highest BCUT2D eigenvalue weighted by atomic mass is 16.5. The van der Waals surface area contributed by atoms with Crippen molar-refractivity contribution in [1.29, 1.82) is 0 Å². The van der Waals surface area contributed by atoms with E-state index in [-0.39, 0.29) is 0 Å². The van der Waals surface area contributed by atoms with Crippen molar-refractivity contribution in [2.75, 3.05) is 6.61 Å². The van der Waals surface area contributed by atoms with Crippen LogP contribution in [-0.4, -0.2) is 12.7 Å². The maximum Gasteiger partial charge on any atom is 0.0518 e. The zero-order valence-electron chi connectivity index (χ0n) is 7.40. The number of hydrogen-bond acceptors (Lipinski definition) is 1. The van der Waals surface area contributed by atoms with Crippen molar-refractivity contribution in [3.05, 3.63) is 0 Å². The first-order chi connectivity index (χ1) is 4.18. The molecule has 0 unspecified atom stereocenters. The zero-order valence-corrected chi connectivity index (χ0v) is 7.40. The fourth-order valence-electron chi connectivity index (χ4n) is 0.333. The first-order valence-electron chi connectivity index (χ1n) is 3.80. The highest BCUT2D eigenvalue weighted by molar-refractivity contribution is 4.30. The Kier molecular flexibility index (Phi) is 14.1. The van der Waals surface area contributed by atoms with E-state index in [2.05, 4.69) is 13.8 Å². The minimum atomic E-state index is 0.398. The van der Waals surface area contributed by atoms with Crippen LogP contribution in [0.5, 0.6) is 0 Å². The molecule has 0 aliphatic carbocycles. The lowest BCUT2D eigenvalue weighted by molar-refractivity contribution is 0.0899. The van der Waals surface area contributed by atoms with Crippen LogP contribution in [-0.2, 0) is 4.74 Å². The quantitative estimate of drug-likeness (QED) is 0.561. The largest absolute Gasteiger partial charge is 0.379 e. The summed E-state index contributed by atoms with van der Waals surface area (Å²) < 4.78 is 5.04. The van der Waals surface area contributed by atoms with Crippen molar-refractivity contribution in [2.45, 2.75) is 47.1 Å². The summed E-state index contributed by atoms with van der Waals surface area (Å²) in [6.07, 6.45) is 1.65. The molecule has 0 spiro atoms. The van der Waals surface area contributed by atoms with E-state index in [1.807, 2.05) is 20.8 Å². The summed E-state index contributed by atoms with van der Waals surface area (Å²) in [5.41, 5.74) is 0. The van der Waals surface area contributed by atoms with E-state index in [1.54, 1.807) is 0 Å². The van der Waals surface area contributed by atoms with Crippen LogP contribution in [0.1, 0.15) is 41.0 Å². The van der Waals surface area contributed by atoms with Crippen LogP contribution in [0, 0.1) is 0 Å². The molecule has 0 N–H and O–H groups in total. The van der Waals surface area contributed by atoms with Gasteiger partial charge in [0, 0.05) is 6.61 Å². The second-order valence-corrected chi connectivity index (χ2v) is 2.21. The molecule has 0 saturated carbocycles. The van der Waals surface area contributed by atoms with Gasteiger partial charge in [0.05, 0.1) is 6.10 Å². The Morgan fingerprint density at radius 3 is 1.44 bits per heavy atom. The molecule has 0 saturated heterocycles. The van der Waals surface area contributed by atoms with Gasteiger partial charge in [0.15, 0.2) is 0 Å². The van der Waals surface area contributed by atoms with Crippen LogP contribution < -0.4 is 0 Å². The molecular formula is C8H20O. The normalized spacial score (nSPS) is 8.67. The monoisotopic (exact) mass is 132 g/mol. The lowest BCUT2D eigenvalue weighted by Gasteiger charge is -2.00. The lowest BCUT2D eigenvalue weighted by atomic mass is 10.5. The molecule has 0 aromatic heterocycles. The van der Waals surface area contributed by atoms with Gasteiger partial charge in [-0.15, -0.1) is 0 Å². The molecule has 0 aromatic carbocycles. The number of ether oxygens (including phenoxy) is 1. The molecule has 0 amide bonds. The average molecular weight is 132 g/mol. The van der Waals surface area contributed by atoms with Gasteiger partial charge >= 0.3 is 0 Å². The number of hydrogen-bond donors (Lipinski definition) is 0. The van der Waals surface area contributed by atoms with Crippen molar-refractivity contribution >= 4 is 0 Å². The van der Waals surface area contributed by atoms with E-state index >= 15 is 0 Å². The van der Waals surface area contributed by atoms with Gasteiger partial charge in [-0.1, -0.05) is 20.3 Å². The molecular weight excluding hydrogens is 112 g/mol. The third kappa shape index (κ3) is 32.3. The van der Waals surface area contributed by atoms with E-state index in [9.17, 15) is 0 Å². The van der Waals surface area contributed by atoms with Crippen molar-refractivity contribution < 1.29 is 4.74 Å². The predicted molar refractivity (Wildman–Crippen MR) is 42.7 cm³/mol. The van der Waals surface area contributed by atoms with Gasteiger partial charge in [0.1, 0.15) is 0 Å². The van der Waals surface area contributed by atoms with Crippen LogP contribution in [0.2, 0.25) is 0 Å². The predicted octanol–water partition coefficient (Wildman–Crippen LogP) is 2.85. The summed E-state index contributed by atoms with van der Waals surface area (Å²) >= 11 is 0. The average Bonchev–Trinajstić information content (AvgIpc) is 1.67. The molecule has 0 aromatic rings. The van der Waals surface area contributed by atoms with E-state index in [0.29, 0.717) is 6.10 Å². The summed E-state index contributed by atoms with van der Waals surface area (Å²) in [6.45, 7) is 11.1. The van der Waals surface area contributed by atoms with Gasteiger partial charge < -0.3 is 4.74 Å². The van der Waals surface area contributed by atoms with Gasteiger partial charge in [-0.2, -0.15) is 0 Å². The highest BCUT2D eigenvalue weighted by Crippen LogP contribution is 1.83. The smallest absolute Gasteiger partial charge is 0.0518 e. The molecule has 1 heteroatoms. The third-order valence-corrected chi connectivity index (χ3v) is 0.500. The summed E-state index contributed by atoms with van der Waals surface area (Å²) in [5, 5.41) is 0. The van der Waals surface area contributed by atoms with E-state index < -0.39 is 0 Å². The zero-order chi connectivity index (χ0) is 7.70. The van der Waals surface area contributed by atoms with Crippen LogP contribution in [0.3, 0.4) is 0 Å². The molecule has 9 heavy (non-hydrogen) atoms. The summed E-state index contributed by atoms with van der Waals surface area (Å²) in [4.78, 5) is 0. The topological polar surface area (TPSA) is 9.23 Å². The minimum Gasteiger partial charge on any atom is -0.379 e. The Labute approximate surface area is 59.4 Å². The summed E-state index contributed by atoms with van der Waals surface area (Å²) in [7, 11) is 0. The van der Waals surface area contributed by atoms with Crippen molar-refractivity contribution in [3.63, 3.8) is 0 Å². The van der Waals surface area contributed by atoms with Gasteiger partial charge in [-0.05, 0) is 20.8 Å². The first kappa shape index (κ1) is 11.7. The Morgan fingerprint density at radius 2 is 1.44 bits per heavy atom. The molecule has 0 fully saturated rings. The molecule has 1 nitrogen and oxygen atoms in total. The van der Waals surface area contributed by atoms with E-state index in [4.69, 9.17) is 4.74 Å². The second-order valence-electron chi connectivity index (χ2n) is 2.21. The van der Waals surface area contributed by atoms with Crippen LogP contribution in [0.4, 0.5) is 0 Å². The Hall–Kier alpha value is -0.0400. The maximum absolute atomic E-state index is 5.04. The third-order valence-electron chi connectivity index (χ3n) is 0.500. The van der Waals surface area contributed by atoms with E-state index in [0.717, 1.165) is 6.61 Å². The standard InChI is InChI=1S/C5H12O.C3H8/c1-4-6-5(2)3;1-3-2/h5H,4H2,1-3H3;3H2,1-2H3. The molecule has 0 atom stereocenters. The molecule has 0 bridgehead atoms. The minimum absolute atomic E-state index is 0.398. The van der Waals surface area contributed by atoms with Gasteiger partial charge in [0.25, 0.3) is 0 Å². The Bertz CT molecular complexity index is 33.5. The first-order valence-corrected chi connectivity index (χ1v) is 3.80. The van der Waals surface area contributed by atoms with Gasteiger partial charge in [-0.25, -0.2) is 0 Å². The summed E-state index contributed by atoms with van der Waals surface area (Å²) in [5.74, 6) is 0. The summed E-state index contributed by atoms with van der Waals surface area (Å²) in [6, 6.07) is 0. The lowest BCUT2D eigenvalue weighted by Crippen LogP contribution is -1.99. The van der Waals surface area contributed by atoms with Gasteiger partial charge in [-0.3, -0.25) is 0 Å². The highest BCUT2D eigenvalue weighted by Gasteiger charge is 1.83. The van der Waals surface area contributed by atoms with Crippen molar-refractivity contribution in [2.24, 2.45) is 0 Å². The Morgan fingerprint density at radius 1 is 1.11 bits per heavy atom. The maximum atomic E-state index is 5.04. The molecule has 0 heterocycles. The molecule has 0 rings (SSSR count).